The second-order valence-electron chi connectivity index (χ2n) is 13.9. The molecule has 3 amide bonds. The number of likely N-dealkylation sites (tertiary alicyclic amines) is 1. The quantitative estimate of drug-likeness (QED) is 0.283. The molecule has 0 saturated carbocycles. The van der Waals surface area contributed by atoms with E-state index < -0.39 is 65.4 Å². The van der Waals surface area contributed by atoms with Gasteiger partial charge in [-0.15, -0.1) is 5.10 Å². The Hall–Kier alpha value is -4.88. The summed E-state index contributed by atoms with van der Waals surface area (Å²) in [7, 11) is 0. The zero-order valence-corrected chi connectivity index (χ0v) is 28.1. The Morgan fingerprint density at radius 2 is 1.80 bits per heavy atom. The number of amides is 3. The van der Waals surface area contributed by atoms with Crippen LogP contribution in [0.15, 0.2) is 78.9 Å². The van der Waals surface area contributed by atoms with Crippen molar-refractivity contribution in [3.05, 3.63) is 84.5 Å². The highest BCUT2D eigenvalue weighted by molar-refractivity contribution is 6.00. The van der Waals surface area contributed by atoms with Gasteiger partial charge in [-0.05, 0) is 36.5 Å². The summed E-state index contributed by atoms with van der Waals surface area (Å²) in [5.74, 6) is -3.58. The van der Waals surface area contributed by atoms with Crippen LogP contribution in [0.1, 0.15) is 44.7 Å². The van der Waals surface area contributed by atoms with Crippen LogP contribution in [-0.4, -0.2) is 97.1 Å². The van der Waals surface area contributed by atoms with Crippen LogP contribution in [0.2, 0.25) is 0 Å². The topological polar surface area (TPSA) is 156 Å². The summed E-state index contributed by atoms with van der Waals surface area (Å²) in [5.41, 5.74) is 0.681. The normalized spacial score (nSPS) is 29.8. The SMILES string of the molecule is CC(C)C[C@H](CO)N1C(=O)[C@H]2[C@@H]3C(=O)N[C@H](c4ccccc4)COC(=O)CC/C=C\CN(Cn4nnc5ccccc54)C(=O)[C@H]1[C@@]21C=C[C@@H]3O1. The Balaban J connectivity index is 1.31. The Bertz CT molecular complexity index is 1820. The summed E-state index contributed by atoms with van der Waals surface area (Å²) >= 11 is 0. The molecule has 13 nitrogen and oxygen atoms in total. The van der Waals surface area contributed by atoms with Crippen LogP contribution >= 0.6 is 0 Å². The van der Waals surface area contributed by atoms with Crippen LogP contribution < -0.4 is 5.32 Å². The zero-order valence-electron chi connectivity index (χ0n) is 28.1. The number of ether oxygens (including phenoxy) is 2. The fourth-order valence-electron chi connectivity index (χ4n) is 7.92. The number of nitrogens with one attached hydrogen (secondary N) is 1. The lowest BCUT2D eigenvalue weighted by Gasteiger charge is -2.39. The number of hydrogen-bond donors (Lipinski definition) is 2. The van der Waals surface area contributed by atoms with Crippen molar-refractivity contribution in [2.75, 3.05) is 19.8 Å². The summed E-state index contributed by atoms with van der Waals surface area (Å²) in [4.78, 5) is 59.9. The predicted octanol–water partition coefficient (Wildman–Crippen LogP) is 2.53. The first-order valence-electron chi connectivity index (χ1n) is 17.2. The lowest BCUT2D eigenvalue weighted by molar-refractivity contribution is -0.152. The summed E-state index contributed by atoms with van der Waals surface area (Å²) in [6, 6.07) is 14.1. The van der Waals surface area contributed by atoms with Gasteiger partial charge >= 0.3 is 5.97 Å². The number of hydrogen-bond acceptors (Lipinski definition) is 9. The third-order valence-corrected chi connectivity index (χ3v) is 10.2. The predicted molar refractivity (Wildman–Crippen MR) is 181 cm³/mol. The minimum absolute atomic E-state index is 0.00872. The van der Waals surface area contributed by atoms with Crippen molar-refractivity contribution in [1.82, 2.24) is 30.1 Å². The number of aliphatic hydroxyl groups is 1. The number of carbonyl (C=O) groups is 4. The summed E-state index contributed by atoms with van der Waals surface area (Å²) in [5, 5.41) is 22.3. The molecular weight excluding hydrogens is 640 g/mol. The van der Waals surface area contributed by atoms with E-state index in [-0.39, 0.29) is 38.8 Å². The van der Waals surface area contributed by atoms with Crippen molar-refractivity contribution >= 4 is 34.7 Å². The molecule has 5 heterocycles. The molecule has 0 aliphatic carbocycles. The number of rotatable bonds is 7. The number of aliphatic hydroxyl groups excluding tert-OH is 1. The molecule has 7 atom stereocenters. The number of allylic oxidation sites excluding steroid dienone is 1. The second-order valence-corrected chi connectivity index (χ2v) is 13.9. The second kappa shape index (κ2) is 13.8. The standard InChI is InChI=1S/C37H42N6O7/c1-23(2)19-25(20-44)43-33-36(48)41(22-42-28-14-9-8-13-26(28)39-40-42)18-10-4-7-15-30(45)49-21-27(24-11-5-3-6-12-24)38-34(46)31-29-16-17-37(33,50-29)32(31)35(43)47/h3-6,8-14,16-17,23,25,27,29,31-33,44H,7,15,18-22H2,1-2H3,(H,38,46)/b10-4-/t25-,27+,29+,31-,32-,33+,37-/m1/s1. The van der Waals surface area contributed by atoms with Crippen molar-refractivity contribution in [2.24, 2.45) is 17.8 Å². The van der Waals surface area contributed by atoms with E-state index in [2.05, 4.69) is 15.6 Å². The molecule has 2 aromatic carbocycles. The van der Waals surface area contributed by atoms with E-state index in [9.17, 15) is 19.5 Å². The van der Waals surface area contributed by atoms with Crippen molar-refractivity contribution in [1.29, 1.82) is 0 Å². The molecule has 7 rings (SSSR count). The zero-order chi connectivity index (χ0) is 35.0. The first-order chi connectivity index (χ1) is 24.2. The smallest absolute Gasteiger partial charge is 0.306 e. The minimum atomic E-state index is -1.44. The van der Waals surface area contributed by atoms with Gasteiger partial charge in [0.05, 0.1) is 42.1 Å². The highest BCUT2D eigenvalue weighted by Gasteiger charge is 2.73. The van der Waals surface area contributed by atoms with Crippen LogP contribution in [0, 0.1) is 17.8 Å². The molecule has 2 N–H and O–H groups in total. The number of carbonyl (C=O) groups excluding carboxylic acids is 4. The van der Waals surface area contributed by atoms with E-state index in [0.29, 0.717) is 18.4 Å². The fourth-order valence-corrected chi connectivity index (χ4v) is 7.92. The van der Waals surface area contributed by atoms with Crippen LogP contribution in [0.25, 0.3) is 11.0 Å². The van der Waals surface area contributed by atoms with Crippen molar-refractivity contribution in [2.45, 2.75) is 69.6 Å². The van der Waals surface area contributed by atoms with Gasteiger partial charge in [0.1, 0.15) is 30.4 Å². The molecule has 1 aromatic heterocycles. The Morgan fingerprint density at radius 1 is 1.02 bits per heavy atom. The molecule has 0 unspecified atom stereocenters. The van der Waals surface area contributed by atoms with Crippen LogP contribution in [0.4, 0.5) is 0 Å². The Labute approximate surface area is 289 Å². The molecular formula is C37H42N6O7. The first-order valence-corrected chi connectivity index (χ1v) is 17.2. The first kappa shape index (κ1) is 33.6. The maximum atomic E-state index is 15.1. The maximum Gasteiger partial charge on any atom is 0.306 e. The van der Waals surface area contributed by atoms with E-state index in [1.54, 1.807) is 27.8 Å². The minimum Gasteiger partial charge on any atom is -0.463 e. The maximum absolute atomic E-state index is 15.1. The van der Waals surface area contributed by atoms with Gasteiger partial charge in [-0.3, -0.25) is 19.2 Å². The third-order valence-electron chi connectivity index (χ3n) is 10.2. The number of nitrogens with zero attached hydrogens (tertiary/aromatic N) is 5. The summed E-state index contributed by atoms with van der Waals surface area (Å²) in [6.07, 6.45) is 7.30. The third kappa shape index (κ3) is 5.98. The molecule has 0 radical (unpaired) electrons. The van der Waals surface area contributed by atoms with Gasteiger partial charge in [0.25, 0.3) is 5.91 Å². The van der Waals surface area contributed by atoms with E-state index >= 15 is 4.79 Å². The van der Waals surface area contributed by atoms with Crippen molar-refractivity contribution < 1.29 is 33.8 Å². The van der Waals surface area contributed by atoms with E-state index in [1.165, 1.54) is 4.90 Å². The summed E-state index contributed by atoms with van der Waals surface area (Å²) in [6.45, 7) is 3.66. The number of fused-ring (bicyclic) bond motifs is 3. The van der Waals surface area contributed by atoms with Gasteiger partial charge in [0.15, 0.2) is 0 Å². The number of benzene rings is 2. The summed E-state index contributed by atoms with van der Waals surface area (Å²) < 4.78 is 13.9. The average molecular weight is 683 g/mol. The lowest BCUT2D eigenvalue weighted by Crippen LogP contribution is -2.58. The molecule has 50 heavy (non-hydrogen) atoms. The highest BCUT2D eigenvalue weighted by atomic mass is 16.5. The van der Waals surface area contributed by atoms with Crippen LogP contribution in [0.3, 0.4) is 0 Å². The van der Waals surface area contributed by atoms with Crippen molar-refractivity contribution in [3.63, 3.8) is 0 Å². The largest absolute Gasteiger partial charge is 0.463 e. The van der Waals surface area contributed by atoms with Crippen LogP contribution in [0.5, 0.6) is 0 Å². The van der Waals surface area contributed by atoms with Gasteiger partial charge in [0, 0.05) is 13.0 Å². The van der Waals surface area contributed by atoms with Crippen molar-refractivity contribution in [3.8, 4) is 0 Å². The highest BCUT2D eigenvalue weighted by Crippen LogP contribution is 2.56. The van der Waals surface area contributed by atoms with Gasteiger partial charge in [-0.25, -0.2) is 4.68 Å². The number of para-hydroxylation sites is 1. The lowest BCUT2D eigenvalue weighted by atomic mass is 9.74. The number of cyclic esters (lactones) is 1. The molecule has 2 fully saturated rings. The molecule has 3 aromatic rings. The Morgan fingerprint density at radius 3 is 2.58 bits per heavy atom. The average Bonchev–Trinajstić information content (AvgIpc) is 3.87. The number of esters is 1. The van der Waals surface area contributed by atoms with E-state index in [0.717, 1.165) is 11.1 Å². The molecule has 13 heteroatoms. The fraction of sp³-hybridized carbons (Fsp3) is 0.459. The molecule has 4 aliphatic rings. The molecule has 262 valence electrons. The van der Waals surface area contributed by atoms with Gasteiger partial charge in [0.2, 0.25) is 11.8 Å². The van der Waals surface area contributed by atoms with Gasteiger partial charge in [-0.1, -0.05) is 85.8 Å². The Kier molecular flexibility index (Phi) is 9.27. The molecule has 1 spiro atoms. The molecule has 5 bridgehead atoms. The van der Waals surface area contributed by atoms with Crippen LogP contribution in [-0.2, 0) is 35.3 Å². The number of aromatic nitrogens is 3. The van der Waals surface area contributed by atoms with E-state index in [1.807, 2.05) is 74.5 Å². The monoisotopic (exact) mass is 682 g/mol. The molecule has 2 saturated heterocycles. The van der Waals surface area contributed by atoms with Gasteiger partial charge in [-0.2, -0.15) is 0 Å². The van der Waals surface area contributed by atoms with E-state index in [4.69, 9.17) is 9.47 Å². The van der Waals surface area contributed by atoms with Gasteiger partial charge < -0.3 is 29.7 Å². The molecule has 4 aliphatic heterocycles.